The summed E-state index contributed by atoms with van der Waals surface area (Å²) in [6, 6.07) is 0. The first-order chi connectivity index (χ1) is 7.13. The molecule has 84 valence electrons. The number of anilines is 1. The number of ether oxygens (including phenoxy) is 1. The van der Waals surface area contributed by atoms with Crippen molar-refractivity contribution in [3.63, 3.8) is 0 Å². The molecule has 6 heteroatoms. The minimum atomic E-state index is -0.0840. The van der Waals surface area contributed by atoms with Crippen LogP contribution in [-0.4, -0.2) is 42.7 Å². The zero-order valence-electron chi connectivity index (χ0n) is 8.65. The minimum Gasteiger partial charge on any atom is -0.383 e. The predicted octanol–water partition coefficient (Wildman–Crippen LogP) is 1.82. The maximum atomic E-state index is 6.01. The van der Waals surface area contributed by atoms with Gasteiger partial charge < -0.3 is 9.64 Å². The third-order valence-corrected chi connectivity index (χ3v) is 2.23. The number of methoxy groups -OCH3 is 1. The molecule has 1 rings (SSSR count). The Morgan fingerprint density at radius 3 is 2.60 bits per heavy atom. The van der Waals surface area contributed by atoms with E-state index in [2.05, 4.69) is 9.97 Å². The van der Waals surface area contributed by atoms with Crippen LogP contribution in [0.4, 0.5) is 5.95 Å². The van der Waals surface area contributed by atoms with Crippen molar-refractivity contribution in [2.45, 2.75) is 5.38 Å². The van der Waals surface area contributed by atoms with E-state index in [1.165, 1.54) is 0 Å². The normalized spacial score (nSPS) is 12.5. The second-order valence-corrected chi connectivity index (χ2v) is 4.19. The molecule has 0 aliphatic heterocycles. The Morgan fingerprint density at radius 2 is 2.07 bits per heavy atom. The molecular formula is C9H13Cl2N3O. The van der Waals surface area contributed by atoms with Crippen LogP contribution in [0.2, 0.25) is 5.02 Å². The van der Waals surface area contributed by atoms with Crippen LogP contribution in [-0.2, 0) is 4.74 Å². The van der Waals surface area contributed by atoms with E-state index < -0.39 is 0 Å². The fourth-order valence-corrected chi connectivity index (χ4v) is 1.55. The van der Waals surface area contributed by atoms with E-state index in [0.29, 0.717) is 24.1 Å². The van der Waals surface area contributed by atoms with Gasteiger partial charge >= 0.3 is 0 Å². The standard InChI is InChI=1S/C9H13Cl2N3O/c1-14(5-8(11)6-15-2)9-12-3-7(10)4-13-9/h3-4,8H,5-6H2,1-2H3. The van der Waals surface area contributed by atoms with Crippen LogP contribution >= 0.6 is 23.2 Å². The molecule has 0 saturated heterocycles. The summed E-state index contributed by atoms with van der Waals surface area (Å²) < 4.78 is 4.94. The number of hydrogen-bond donors (Lipinski definition) is 0. The summed E-state index contributed by atoms with van der Waals surface area (Å²) in [6.07, 6.45) is 3.11. The van der Waals surface area contributed by atoms with E-state index in [9.17, 15) is 0 Å². The lowest BCUT2D eigenvalue weighted by Gasteiger charge is -2.19. The highest BCUT2D eigenvalue weighted by atomic mass is 35.5. The van der Waals surface area contributed by atoms with Crippen molar-refractivity contribution in [1.29, 1.82) is 0 Å². The first-order valence-electron chi connectivity index (χ1n) is 4.45. The van der Waals surface area contributed by atoms with Crippen LogP contribution in [0.1, 0.15) is 0 Å². The van der Waals surface area contributed by atoms with E-state index in [1.54, 1.807) is 19.5 Å². The molecule has 1 heterocycles. The lowest BCUT2D eigenvalue weighted by atomic mass is 10.4. The zero-order valence-corrected chi connectivity index (χ0v) is 10.2. The Morgan fingerprint density at radius 1 is 1.47 bits per heavy atom. The Balaban J connectivity index is 2.53. The largest absolute Gasteiger partial charge is 0.383 e. The molecule has 0 aliphatic carbocycles. The van der Waals surface area contributed by atoms with Crippen molar-refractivity contribution in [1.82, 2.24) is 9.97 Å². The van der Waals surface area contributed by atoms with Gasteiger partial charge in [-0.1, -0.05) is 11.6 Å². The molecule has 1 atom stereocenters. The third kappa shape index (κ3) is 4.20. The van der Waals surface area contributed by atoms with Crippen LogP contribution in [0, 0.1) is 0 Å². The molecule has 0 spiro atoms. The second-order valence-electron chi connectivity index (χ2n) is 3.13. The summed E-state index contributed by atoms with van der Waals surface area (Å²) in [6.45, 7) is 1.12. The number of alkyl halides is 1. The number of aromatic nitrogens is 2. The van der Waals surface area contributed by atoms with Crippen LogP contribution in [0.25, 0.3) is 0 Å². The van der Waals surface area contributed by atoms with Crippen molar-refractivity contribution in [3.05, 3.63) is 17.4 Å². The van der Waals surface area contributed by atoms with E-state index >= 15 is 0 Å². The minimum absolute atomic E-state index is 0.0840. The first kappa shape index (κ1) is 12.5. The maximum absolute atomic E-state index is 6.01. The van der Waals surface area contributed by atoms with Crippen molar-refractivity contribution in [2.75, 3.05) is 32.2 Å². The van der Waals surface area contributed by atoms with Gasteiger partial charge in [0.05, 0.1) is 29.4 Å². The summed E-state index contributed by atoms with van der Waals surface area (Å²) in [5, 5.41) is 0.436. The fourth-order valence-electron chi connectivity index (χ4n) is 1.11. The van der Waals surface area contributed by atoms with Crippen molar-refractivity contribution in [2.24, 2.45) is 0 Å². The molecule has 1 aromatic rings. The van der Waals surface area contributed by atoms with Gasteiger partial charge in [0.1, 0.15) is 0 Å². The van der Waals surface area contributed by atoms with Gasteiger partial charge in [0.2, 0.25) is 5.95 Å². The topological polar surface area (TPSA) is 38.2 Å². The molecule has 0 saturated carbocycles. The third-order valence-electron chi connectivity index (χ3n) is 1.77. The second kappa shape index (κ2) is 6.10. The quantitative estimate of drug-likeness (QED) is 0.747. The summed E-state index contributed by atoms with van der Waals surface area (Å²) in [5.74, 6) is 0.598. The Labute approximate surface area is 99.2 Å². The highest BCUT2D eigenvalue weighted by molar-refractivity contribution is 6.30. The molecule has 0 aliphatic rings. The Bertz CT molecular complexity index is 294. The summed E-state index contributed by atoms with van der Waals surface area (Å²) in [5.41, 5.74) is 0. The van der Waals surface area contributed by atoms with Crippen LogP contribution in [0.15, 0.2) is 12.4 Å². The average Bonchev–Trinajstić information content (AvgIpc) is 2.18. The van der Waals surface area contributed by atoms with Gasteiger partial charge in [0.15, 0.2) is 0 Å². The lowest BCUT2D eigenvalue weighted by molar-refractivity contribution is 0.199. The number of nitrogens with zero attached hydrogens (tertiary/aromatic N) is 3. The Kier molecular flexibility index (Phi) is 5.08. The molecule has 0 fully saturated rings. The highest BCUT2D eigenvalue weighted by Crippen LogP contribution is 2.10. The molecule has 0 N–H and O–H groups in total. The number of hydrogen-bond acceptors (Lipinski definition) is 4. The first-order valence-corrected chi connectivity index (χ1v) is 5.26. The van der Waals surface area contributed by atoms with E-state index in [4.69, 9.17) is 27.9 Å². The van der Waals surface area contributed by atoms with Gasteiger partial charge in [-0.25, -0.2) is 9.97 Å². The Hall–Kier alpha value is -0.580. The molecule has 0 aromatic carbocycles. The van der Waals surface area contributed by atoms with E-state index in [0.717, 1.165) is 0 Å². The number of halogens is 2. The molecule has 0 bridgehead atoms. The smallest absolute Gasteiger partial charge is 0.225 e. The van der Waals surface area contributed by atoms with Crippen LogP contribution in [0.3, 0.4) is 0 Å². The molecule has 15 heavy (non-hydrogen) atoms. The van der Waals surface area contributed by atoms with Gasteiger partial charge in [0.25, 0.3) is 0 Å². The highest BCUT2D eigenvalue weighted by Gasteiger charge is 2.10. The predicted molar refractivity (Wildman–Crippen MR) is 61.8 cm³/mol. The molecule has 4 nitrogen and oxygen atoms in total. The SMILES string of the molecule is COCC(Cl)CN(C)c1ncc(Cl)cn1. The molecular weight excluding hydrogens is 237 g/mol. The average molecular weight is 250 g/mol. The summed E-state index contributed by atoms with van der Waals surface area (Å²) in [7, 11) is 3.49. The van der Waals surface area contributed by atoms with Crippen molar-refractivity contribution < 1.29 is 4.74 Å². The van der Waals surface area contributed by atoms with Crippen molar-refractivity contribution >= 4 is 29.2 Å². The number of rotatable bonds is 5. The lowest BCUT2D eigenvalue weighted by Crippen LogP contribution is -2.29. The van der Waals surface area contributed by atoms with Crippen LogP contribution < -0.4 is 4.90 Å². The zero-order chi connectivity index (χ0) is 11.3. The maximum Gasteiger partial charge on any atom is 0.225 e. The fraction of sp³-hybridized carbons (Fsp3) is 0.556. The monoisotopic (exact) mass is 249 g/mol. The van der Waals surface area contributed by atoms with Crippen LogP contribution in [0.5, 0.6) is 0 Å². The van der Waals surface area contributed by atoms with E-state index in [-0.39, 0.29) is 5.38 Å². The molecule has 0 radical (unpaired) electrons. The van der Waals surface area contributed by atoms with Gasteiger partial charge in [-0.3, -0.25) is 0 Å². The van der Waals surface area contributed by atoms with Gasteiger partial charge in [-0.15, -0.1) is 11.6 Å². The summed E-state index contributed by atoms with van der Waals surface area (Å²) >= 11 is 11.7. The summed E-state index contributed by atoms with van der Waals surface area (Å²) in [4.78, 5) is 10.0. The van der Waals surface area contributed by atoms with E-state index in [1.807, 2.05) is 11.9 Å². The van der Waals surface area contributed by atoms with Gasteiger partial charge in [-0.2, -0.15) is 0 Å². The molecule has 0 amide bonds. The molecule has 1 unspecified atom stereocenters. The van der Waals surface area contributed by atoms with Crippen molar-refractivity contribution in [3.8, 4) is 0 Å². The van der Waals surface area contributed by atoms with Gasteiger partial charge in [-0.05, 0) is 0 Å². The van der Waals surface area contributed by atoms with Gasteiger partial charge in [0, 0.05) is 20.7 Å². The molecule has 1 aromatic heterocycles.